The summed E-state index contributed by atoms with van der Waals surface area (Å²) in [5, 5.41) is 7.00. The van der Waals surface area contributed by atoms with Gasteiger partial charge in [-0.1, -0.05) is 29.4 Å². The lowest BCUT2D eigenvalue weighted by Gasteiger charge is -2.03. The van der Waals surface area contributed by atoms with E-state index < -0.39 is 0 Å². The molecule has 0 saturated heterocycles. The van der Waals surface area contributed by atoms with Gasteiger partial charge in [0.1, 0.15) is 5.82 Å². The lowest BCUT2D eigenvalue weighted by Crippen LogP contribution is -1.91. The quantitative estimate of drug-likeness (QED) is 0.792. The summed E-state index contributed by atoms with van der Waals surface area (Å²) in [7, 11) is 1.82. The van der Waals surface area contributed by atoms with Gasteiger partial charge in [-0.25, -0.2) is 4.39 Å². The first-order chi connectivity index (χ1) is 10.2. The van der Waals surface area contributed by atoms with Crippen molar-refractivity contribution in [2.45, 2.75) is 6.92 Å². The molecule has 0 aliphatic carbocycles. The van der Waals surface area contributed by atoms with E-state index >= 15 is 0 Å². The molecule has 3 aromatic rings. The molecule has 21 heavy (non-hydrogen) atoms. The number of aromatic nitrogens is 2. The first-order valence-electron chi connectivity index (χ1n) is 6.56. The second-order valence-electron chi connectivity index (χ2n) is 4.68. The van der Waals surface area contributed by atoms with Gasteiger partial charge >= 0.3 is 0 Å². The topological polar surface area (TPSA) is 51.0 Å². The SMILES string of the molecule is CNc1ccccc1-c1nc(-c2ccc(C)c(F)c2)no1. The number of hydrogen-bond acceptors (Lipinski definition) is 4. The highest BCUT2D eigenvalue weighted by Crippen LogP contribution is 2.28. The van der Waals surface area contributed by atoms with E-state index in [9.17, 15) is 4.39 Å². The molecule has 0 aliphatic heterocycles. The van der Waals surface area contributed by atoms with Gasteiger partial charge in [-0.15, -0.1) is 0 Å². The molecule has 0 aliphatic rings. The second-order valence-corrected chi connectivity index (χ2v) is 4.68. The molecule has 0 bridgehead atoms. The molecule has 4 nitrogen and oxygen atoms in total. The van der Waals surface area contributed by atoms with Crippen molar-refractivity contribution in [2.24, 2.45) is 0 Å². The lowest BCUT2D eigenvalue weighted by atomic mass is 10.1. The normalized spacial score (nSPS) is 10.6. The fraction of sp³-hybridized carbons (Fsp3) is 0.125. The van der Waals surface area contributed by atoms with Gasteiger partial charge in [0.15, 0.2) is 0 Å². The van der Waals surface area contributed by atoms with Gasteiger partial charge in [0.05, 0.1) is 5.56 Å². The lowest BCUT2D eigenvalue weighted by molar-refractivity contribution is 0.432. The Morgan fingerprint density at radius 3 is 2.71 bits per heavy atom. The second kappa shape index (κ2) is 5.36. The summed E-state index contributed by atoms with van der Waals surface area (Å²) < 4.78 is 18.9. The van der Waals surface area contributed by atoms with Gasteiger partial charge in [0, 0.05) is 18.3 Å². The number of aryl methyl sites for hydroxylation is 1. The summed E-state index contributed by atoms with van der Waals surface area (Å²) in [6, 6.07) is 12.5. The van der Waals surface area contributed by atoms with Crippen LogP contribution in [0.1, 0.15) is 5.56 Å². The molecule has 0 saturated carbocycles. The Morgan fingerprint density at radius 2 is 1.95 bits per heavy atom. The van der Waals surface area contributed by atoms with E-state index in [2.05, 4.69) is 15.5 Å². The standard InChI is InChI=1S/C16H14FN3O/c1-10-7-8-11(9-13(10)17)15-19-16(21-20-15)12-5-3-4-6-14(12)18-2/h3-9,18H,1-2H3. The highest BCUT2D eigenvalue weighted by Gasteiger charge is 2.14. The molecule has 1 N–H and O–H groups in total. The van der Waals surface area contributed by atoms with Crippen LogP contribution < -0.4 is 5.32 Å². The Kier molecular flexibility index (Phi) is 3.39. The highest BCUT2D eigenvalue weighted by molar-refractivity contribution is 5.73. The van der Waals surface area contributed by atoms with E-state index in [0.29, 0.717) is 22.8 Å². The molecule has 0 unspecified atom stereocenters. The number of anilines is 1. The summed E-state index contributed by atoms with van der Waals surface area (Å²) >= 11 is 0. The maximum Gasteiger partial charge on any atom is 0.260 e. The molecule has 0 atom stereocenters. The monoisotopic (exact) mass is 283 g/mol. The van der Waals surface area contributed by atoms with Crippen molar-refractivity contribution >= 4 is 5.69 Å². The van der Waals surface area contributed by atoms with Crippen LogP contribution in [-0.4, -0.2) is 17.2 Å². The number of halogens is 1. The number of para-hydroxylation sites is 1. The fourth-order valence-electron chi connectivity index (χ4n) is 2.07. The molecule has 0 fully saturated rings. The van der Waals surface area contributed by atoms with Crippen LogP contribution in [0.25, 0.3) is 22.8 Å². The van der Waals surface area contributed by atoms with E-state index in [1.54, 1.807) is 19.1 Å². The molecule has 0 spiro atoms. The van der Waals surface area contributed by atoms with Crippen LogP contribution in [0.3, 0.4) is 0 Å². The van der Waals surface area contributed by atoms with E-state index in [0.717, 1.165) is 11.3 Å². The summed E-state index contributed by atoms with van der Waals surface area (Å²) in [6.45, 7) is 1.71. The van der Waals surface area contributed by atoms with Crippen LogP contribution in [0.2, 0.25) is 0 Å². The zero-order chi connectivity index (χ0) is 14.8. The number of rotatable bonds is 3. The molecular weight excluding hydrogens is 269 g/mol. The van der Waals surface area contributed by atoms with Crippen LogP contribution in [0, 0.1) is 12.7 Å². The van der Waals surface area contributed by atoms with Crippen molar-refractivity contribution in [1.29, 1.82) is 0 Å². The molecule has 2 aromatic carbocycles. The largest absolute Gasteiger partial charge is 0.387 e. The van der Waals surface area contributed by atoms with E-state index in [1.807, 2.05) is 31.3 Å². The third kappa shape index (κ3) is 2.50. The Morgan fingerprint density at radius 1 is 1.14 bits per heavy atom. The molecule has 1 heterocycles. The van der Waals surface area contributed by atoms with Crippen molar-refractivity contribution in [1.82, 2.24) is 10.1 Å². The van der Waals surface area contributed by atoms with Gasteiger partial charge in [-0.2, -0.15) is 4.98 Å². The van der Waals surface area contributed by atoms with Gasteiger partial charge in [-0.05, 0) is 30.7 Å². The third-order valence-electron chi connectivity index (χ3n) is 3.28. The Labute approximate surface area is 121 Å². The Hall–Kier alpha value is -2.69. The van der Waals surface area contributed by atoms with E-state index in [4.69, 9.17) is 4.52 Å². The van der Waals surface area contributed by atoms with Crippen LogP contribution in [0.15, 0.2) is 47.0 Å². The van der Waals surface area contributed by atoms with E-state index in [-0.39, 0.29) is 5.82 Å². The average molecular weight is 283 g/mol. The molecule has 106 valence electrons. The highest BCUT2D eigenvalue weighted by atomic mass is 19.1. The third-order valence-corrected chi connectivity index (χ3v) is 3.28. The predicted molar refractivity (Wildman–Crippen MR) is 79.4 cm³/mol. The Balaban J connectivity index is 2.01. The van der Waals surface area contributed by atoms with Crippen LogP contribution in [-0.2, 0) is 0 Å². The zero-order valence-electron chi connectivity index (χ0n) is 11.7. The summed E-state index contributed by atoms with van der Waals surface area (Å²) in [5.41, 5.74) is 2.88. The van der Waals surface area contributed by atoms with Gasteiger partial charge in [-0.3, -0.25) is 0 Å². The molecule has 0 radical (unpaired) electrons. The minimum atomic E-state index is -0.283. The van der Waals surface area contributed by atoms with Crippen molar-refractivity contribution in [2.75, 3.05) is 12.4 Å². The van der Waals surface area contributed by atoms with Crippen molar-refractivity contribution in [3.63, 3.8) is 0 Å². The van der Waals surface area contributed by atoms with E-state index in [1.165, 1.54) is 6.07 Å². The van der Waals surface area contributed by atoms with Crippen molar-refractivity contribution in [3.05, 3.63) is 53.8 Å². The first kappa shape index (κ1) is 13.3. The number of hydrogen-bond donors (Lipinski definition) is 1. The zero-order valence-corrected chi connectivity index (χ0v) is 11.7. The minimum Gasteiger partial charge on any atom is -0.387 e. The fourth-order valence-corrected chi connectivity index (χ4v) is 2.07. The average Bonchev–Trinajstić information content (AvgIpc) is 2.99. The maximum atomic E-state index is 13.6. The first-order valence-corrected chi connectivity index (χ1v) is 6.56. The predicted octanol–water partition coefficient (Wildman–Crippen LogP) is 3.89. The number of benzene rings is 2. The molecule has 3 rings (SSSR count). The number of nitrogens with zero attached hydrogens (tertiary/aromatic N) is 2. The molecule has 0 amide bonds. The maximum absolute atomic E-state index is 13.6. The van der Waals surface area contributed by atoms with Crippen molar-refractivity contribution < 1.29 is 8.91 Å². The van der Waals surface area contributed by atoms with Crippen LogP contribution in [0.5, 0.6) is 0 Å². The molecular formula is C16H14FN3O. The number of nitrogens with one attached hydrogen (secondary N) is 1. The summed E-state index contributed by atoms with van der Waals surface area (Å²) in [5.74, 6) is 0.486. The summed E-state index contributed by atoms with van der Waals surface area (Å²) in [6.07, 6.45) is 0. The Bertz CT molecular complexity index is 783. The van der Waals surface area contributed by atoms with Gasteiger partial charge in [0.25, 0.3) is 5.89 Å². The minimum absolute atomic E-state index is 0.283. The summed E-state index contributed by atoms with van der Waals surface area (Å²) in [4.78, 5) is 4.35. The van der Waals surface area contributed by atoms with Crippen LogP contribution in [0.4, 0.5) is 10.1 Å². The molecule has 5 heteroatoms. The van der Waals surface area contributed by atoms with Crippen molar-refractivity contribution in [3.8, 4) is 22.8 Å². The van der Waals surface area contributed by atoms with Gasteiger partial charge < -0.3 is 9.84 Å². The van der Waals surface area contributed by atoms with Gasteiger partial charge in [0.2, 0.25) is 5.82 Å². The van der Waals surface area contributed by atoms with Crippen LogP contribution >= 0.6 is 0 Å². The smallest absolute Gasteiger partial charge is 0.260 e. The molecule has 1 aromatic heterocycles.